The van der Waals surface area contributed by atoms with Gasteiger partial charge in [0.15, 0.2) is 0 Å². The number of β-lactam (4-membered cyclic amide) rings is 1. The number of carboxylic acids is 1. The van der Waals surface area contributed by atoms with Gasteiger partial charge in [0.1, 0.15) is 18.1 Å². The summed E-state index contributed by atoms with van der Waals surface area (Å²) in [6.07, 6.45) is 1.94. The Hall–Kier alpha value is -2.87. The number of benzene rings is 1. The average Bonchev–Trinajstić information content (AvgIpc) is 2.95. The van der Waals surface area contributed by atoms with E-state index < -0.39 is 18.0 Å². The number of carbonyl (C=O) groups excluding carboxylic acids is 1. The summed E-state index contributed by atoms with van der Waals surface area (Å²) in [5, 5.41) is 19.8. The smallest absolute Gasteiger partial charge is 0.352 e. The van der Waals surface area contributed by atoms with Crippen LogP contribution in [0, 0.1) is 11.8 Å². The Bertz CT molecular complexity index is 892. The number of carbonyl (C=O) groups is 2. The highest BCUT2D eigenvalue weighted by Crippen LogP contribution is 2.54. The number of ether oxygens (including phenoxy) is 1. The molecule has 0 saturated carbocycles. The third kappa shape index (κ3) is 2.67. The number of carboxylic acid groups (broad SMARTS) is 1. The van der Waals surface area contributed by atoms with Crippen molar-refractivity contribution < 1.29 is 24.5 Å². The van der Waals surface area contributed by atoms with Crippen molar-refractivity contribution in [2.45, 2.75) is 31.9 Å². The zero-order valence-corrected chi connectivity index (χ0v) is 15.5. The molecule has 28 heavy (non-hydrogen) atoms. The number of hydrogen-bond acceptors (Lipinski definition) is 5. The fourth-order valence-corrected chi connectivity index (χ4v) is 4.78. The Balaban J connectivity index is 1.68. The van der Waals surface area contributed by atoms with E-state index >= 15 is 0 Å². The van der Waals surface area contributed by atoms with Crippen molar-refractivity contribution in [2.24, 2.45) is 22.6 Å². The van der Waals surface area contributed by atoms with E-state index in [9.17, 15) is 19.8 Å². The van der Waals surface area contributed by atoms with Gasteiger partial charge in [0.05, 0.1) is 30.9 Å². The van der Waals surface area contributed by atoms with E-state index in [0.717, 1.165) is 24.0 Å². The van der Waals surface area contributed by atoms with Crippen LogP contribution in [0.1, 0.15) is 24.5 Å². The minimum absolute atomic E-state index is 0.0591. The van der Waals surface area contributed by atoms with E-state index in [1.54, 1.807) is 6.92 Å². The quantitative estimate of drug-likeness (QED) is 0.285. The molecule has 4 atom stereocenters. The van der Waals surface area contributed by atoms with Crippen molar-refractivity contribution in [1.29, 1.82) is 0 Å². The number of aliphatic hydroxyl groups is 1. The highest BCUT2D eigenvalue weighted by Gasteiger charge is 2.61. The second-order valence-electron chi connectivity index (χ2n) is 7.40. The van der Waals surface area contributed by atoms with Crippen molar-refractivity contribution in [3.63, 3.8) is 0 Å². The van der Waals surface area contributed by atoms with Gasteiger partial charge in [0, 0.05) is 5.92 Å². The van der Waals surface area contributed by atoms with Crippen molar-refractivity contribution in [3.8, 4) is 5.75 Å². The van der Waals surface area contributed by atoms with E-state index in [4.69, 9.17) is 10.5 Å². The summed E-state index contributed by atoms with van der Waals surface area (Å²) in [6, 6.07) is 5.33. The number of fused-ring (bicyclic) bond motifs is 5. The van der Waals surface area contributed by atoms with Crippen molar-refractivity contribution >= 4 is 23.8 Å². The molecule has 8 heteroatoms. The van der Waals surface area contributed by atoms with Crippen LogP contribution < -0.4 is 10.5 Å². The van der Waals surface area contributed by atoms with Crippen LogP contribution in [0.5, 0.6) is 5.75 Å². The highest BCUT2D eigenvalue weighted by atomic mass is 16.5. The third-order valence-electron chi connectivity index (χ3n) is 5.88. The Labute approximate surface area is 162 Å². The van der Waals surface area contributed by atoms with Gasteiger partial charge in [-0.25, -0.2) is 4.79 Å². The molecule has 0 unspecified atom stereocenters. The van der Waals surface area contributed by atoms with Crippen LogP contribution in [0.15, 0.2) is 28.9 Å². The molecule has 1 aromatic carbocycles. The lowest BCUT2D eigenvalue weighted by Gasteiger charge is -2.47. The molecule has 4 N–H and O–H groups in total. The summed E-state index contributed by atoms with van der Waals surface area (Å²) in [7, 11) is 0. The molecule has 1 amide bonds. The van der Waals surface area contributed by atoms with Crippen LogP contribution in [0.4, 0.5) is 0 Å². The third-order valence-corrected chi connectivity index (χ3v) is 5.88. The maximum Gasteiger partial charge on any atom is 0.352 e. The lowest BCUT2D eigenvalue weighted by atomic mass is 9.71. The molecule has 2 heterocycles. The predicted octanol–water partition coefficient (Wildman–Crippen LogP) is 0.632. The van der Waals surface area contributed by atoms with Gasteiger partial charge >= 0.3 is 5.97 Å². The van der Waals surface area contributed by atoms with Crippen LogP contribution in [-0.2, 0) is 16.0 Å². The predicted molar refractivity (Wildman–Crippen MR) is 102 cm³/mol. The molecule has 1 aliphatic carbocycles. The molecule has 148 valence electrons. The van der Waals surface area contributed by atoms with Gasteiger partial charge in [0.2, 0.25) is 5.91 Å². The molecule has 1 saturated heterocycles. The first-order chi connectivity index (χ1) is 13.5. The standard InChI is InChI=1S/C20H23N3O5/c1-10(24)15-17-14-4-2-11-8-12(28-7-6-22-9-21)3-5-13(11)16(14)18(20(26)27)23(17)19(15)25/h3,5,8-10,14-15,17,24H,2,4,6-7H2,1H3,(H2,21,22)(H,26,27)/t10-,14+,15-,17-/m1/s1. The van der Waals surface area contributed by atoms with Gasteiger partial charge in [-0.1, -0.05) is 6.07 Å². The molecule has 4 rings (SSSR count). The molecule has 0 aromatic heterocycles. The Morgan fingerprint density at radius 1 is 1.50 bits per heavy atom. The van der Waals surface area contributed by atoms with Gasteiger partial charge in [-0.2, -0.15) is 0 Å². The highest BCUT2D eigenvalue weighted by molar-refractivity contribution is 6.07. The number of rotatable bonds is 6. The number of amides is 1. The molecule has 0 spiro atoms. The first-order valence-corrected chi connectivity index (χ1v) is 9.40. The number of aliphatic imine (C=N–C) groups is 1. The lowest BCUT2D eigenvalue weighted by Crippen LogP contribution is -2.64. The molecular formula is C20H23N3O5. The van der Waals surface area contributed by atoms with Crippen LogP contribution >= 0.6 is 0 Å². The van der Waals surface area contributed by atoms with E-state index in [1.165, 1.54) is 11.2 Å². The average molecular weight is 385 g/mol. The molecule has 8 nitrogen and oxygen atoms in total. The van der Waals surface area contributed by atoms with Crippen LogP contribution in [0.3, 0.4) is 0 Å². The normalized spacial score (nSPS) is 26.6. The van der Waals surface area contributed by atoms with Gasteiger partial charge in [-0.15, -0.1) is 0 Å². The van der Waals surface area contributed by atoms with Crippen LogP contribution in [0.2, 0.25) is 0 Å². The minimum Gasteiger partial charge on any atom is -0.492 e. The zero-order chi connectivity index (χ0) is 20.0. The van der Waals surface area contributed by atoms with Crippen molar-refractivity contribution in [2.75, 3.05) is 13.2 Å². The lowest BCUT2D eigenvalue weighted by molar-refractivity contribution is -0.163. The van der Waals surface area contributed by atoms with E-state index in [-0.39, 0.29) is 23.6 Å². The number of aryl methyl sites for hydroxylation is 1. The van der Waals surface area contributed by atoms with Gasteiger partial charge in [-0.3, -0.25) is 9.79 Å². The van der Waals surface area contributed by atoms with E-state index in [1.807, 2.05) is 18.2 Å². The van der Waals surface area contributed by atoms with Gasteiger partial charge < -0.3 is 25.6 Å². The molecule has 0 radical (unpaired) electrons. The Morgan fingerprint density at radius 3 is 2.96 bits per heavy atom. The number of aliphatic carboxylic acids is 1. The first kappa shape index (κ1) is 18.5. The summed E-state index contributed by atoms with van der Waals surface area (Å²) in [4.78, 5) is 29.8. The molecular weight excluding hydrogens is 362 g/mol. The maximum absolute atomic E-state index is 12.5. The molecule has 1 fully saturated rings. The number of nitrogens with two attached hydrogens (primary N) is 1. The summed E-state index contributed by atoms with van der Waals surface area (Å²) >= 11 is 0. The number of nitrogens with zero attached hydrogens (tertiary/aromatic N) is 2. The van der Waals surface area contributed by atoms with Crippen molar-refractivity contribution in [1.82, 2.24) is 4.90 Å². The number of aliphatic hydroxyl groups excluding tert-OH is 1. The Morgan fingerprint density at radius 2 is 2.29 bits per heavy atom. The summed E-state index contributed by atoms with van der Waals surface area (Å²) < 4.78 is 5.68. The topological polar surface area (TPSA) is 125 Å². The SMILES string of the molecule is C[C@@H](O)[C@H]1C(=O)N2C(C(=O)O)=C3c4ccc(OCCN=CN)cc4CC[C@@H]3[C@H]12. The maximum atomic E-state index is 12.5. The first-order valence-electron chi connectivity index (χ1n) is 9.40. The fourth-order valence-electron chi connectivity index (χ4n) is 4.78. The summed E-state index contributed by atoms with van der Waals surface area (Å²) in [6.45, 7) is 2.45. The number of hydrogen-bond donors (Lipinski definition) is 3. The fraction of sp³-hybridized carbons (Fsp3) is 0.450. The largest absolute Gasteiger partial charge is 0.492 e. The van der Waals surface area contributed by atoms with E-state index in [0.29, 0.717) is 24.5 Å². The van der Waals surface area contributed by atoms with Gasteiger partial charge in [-0.05, 0) is 48.6 Å². The second-order valence-corrected chi connectivity index (χ2v) is 7.40. The molecule has 2 aliphatic heterocycles. The minimum atomic E-state index is -1.10. The monoisotopic (exact) mass is 385 g/mol. The zero-order valence-electron chi connectivity index (χ0n) is 15.5. The summed E-state index contributed by atoms with van der Waals surface area (Å²) in [5.74, 6) is -1.32. The van der Waals surface area contributed by atoms with Crippen molar-refractivity contribution in [3.05, 3.63) is 35.0 Å². The molecule has 3 aliphatic rings. The molecule has 0 bridgehead atoms. The van der Waals surface area contributed by atoms with Gasteiger partial charge in [0.25, 0.3) is 0 Å². The van der Waals surface area contributed by atoms with Crippen LogP contribution in [-0.4, -0.2) is 58.6 Å². The summed E-state index contributed by atoms with van der Waals surface area (Å²) in [5.41, 5.74) is 7.83. The Kier molecular flexibility index (Phi) is 4.58. The van der Waals surface area contributed by atoms with Crippen LogP contribution in [0.25, 0.3) is 5.57 Å². The van der Waals surface area contributed by atoms with E-state index in [2.05, 4.69) is 4.99 Å². The molecule has 1 aromatic rings. The second kappa shape index (κ2) is 6.94.